The lowest BCUT2D eigenvalue weighted by Crippen LogP contribution is -2.10. The van der Waals surface area contributed by atoms with E-state index in [4.69, 9.17) is 0 Å². The summed E-state index contributed by atoms with van der Waals surface area (Å²) < 4.78 is 2.77. The first-order valence-corrected chi connectivity index (χ1v) is 6.62. The SMILES string of the molecule is CC(=O)NSc1ccccc1Cc1ccccc1. The van der Waals surface area contributed by atoms with Gasteiger partial charge >= 0.3 is 0 Å². The van der Waals surface area contributed by atoms with E-state index in [1.807, 2.05) is 36.4 Å². The van der Waals surface area contributed by atoms with Crippen LogP contribution in [0.5, 0.6) is 0 Å². The number of rotatable bonds is 4. The number of carbonyl (C=O) groups is 1. The second kappa shape index (κ2) is 6.26. The van der Waals surface area contributed by atoms with Crippen LogP contribution in [0.1, 0.15) is 18.1 Å². The van der Waals surface area contributed by atoms with Gasteiger partial charge in [0, 0.05) is 11.8 Å². The van der Waals surface area contributed by atoms with E-state index in [9.17, 15) is 4.79 Å². The molecular formula is C15H15NOS. The first-order valence-electron chi connectivity index (χ1n) is 5.81. The summed E-state index contributed by atoms with van der Waals surface area (Å²) >= 11 is 1.37. The van der Waals surface area contributed by atoms with Crippen molar-refractivity contribution in [3.05, 3.63) is 65.7 Å². The van der Waals surface area contributed by atoms with Gasteiger partial charge in [0.1, 0.15) is 0 Å². The van der Waals surface area contributed by atoms with Gasteiger partial charge in [0.2, 0.25) is 5.91 Å². The monoisotopic (exact) mass is 257 g/mol. The largest absolute Gasteiger partial charge is 0.296 e. The fourth-order valence-corrected chi connectivity index (χ4v) is 2.36. The number of benzene rings is 2. The van der Waals surface area contributed by atoms with Crippen LogP contribution in [0.25, 0.3) is 0 Å². The molecule has 0 heterocycles. The molecule has 0 atom stereocenters. The van der Waals surface area contributed by atoms with Crippen molar-refractivity contribution in [1.82, 2.24) is 4.72 Å². The number of hydrogen-bond donors (Lipinski definition) is 1. The van der Waals surface area contributed by atoms with Crippen LogP contribution < -0.4 is 4.72 Å². The van der Waals surface area contributed by atoms with Gasteiger partial charge in [-0.2, -0.15) is 0 Å². The minimum Gasteiger partial charge on any atom is -0.296 e. The first-order chi connectivity index (χ1) is 8.75. The van der Waals surface area contributed by atoms with Gasteiger partial charge in [0.25, 0.3) is 0 Å². The smallest absolute Gasteiger partial charge is 0.226 e. The zero-order valence-electron chi connectivity index (χ0n) is 10.2. The molecule has 2 aromatic carbocycles. The Morgan fingerprint density at radius 3 is 2.44 bits per heavy atom. The molecule has 0 aliphatic carbocycles. The van der Waals surface area contributed by atoms with E-state index in [0.29, 0.717) is 0 Å². The van der Waals surface area contributed by atoms with Gasteiger partial charge in [-0.1, -0.05) is 48.5 Å². The van der Waals surface area contributed by atoms with Gasteiger partial charge in [-0.25, -0.2) is 0 Å². The summed E-state index contributed by atoms with van der Waals surface area (Å²) in [6.07, 6.45) is 0.879. The Morgan fingerprint density at radius 2 is 1.72 bits per heavy atom. The lowest BCUT2D eigenvalue weighted by molar-refractivity contribution is -0.117. The van der Waals surface area contributed by atoms with Gasteiger partial charge in [-0.15, -0.1) is 0 Å². The molecule has 0 aromatic heterocycles. The van der Waals surface area contributed by atoms with E-state index in [2.05, 4.69) is 22.9 Å². The maximum absolute atomic E-state index is 11.0. The molecule has 0 saturated heterocycles. The molecule has 0 unspecified atom stereocenters. The van der Waals surface area contributed by atoms with E-state index >= 15 is 0 Å². The standard InChI is InChI=1S/C15H15NOS/c1-12(17)16-18-15-10-6-5-9-14(15)11-13-7-3-2-4-8-13/h2-10H,11H2,1H3,(H,16,17). The molecule has 1 N–H and O–H groups in total. The third-order valence-corrected chi connectivity index (χ3v) is 3.52. The quantitative estimate of drug-likeness (QED) is 0.850. The molecule has 0 saturated carbocycles. The minimum atomic E-state index is -0.0329. The number of carbonyl (C=O) groups excluding carboxylic acids is 1. The second-order valence-corrected chi connectivity index (χ2v) is 4.88. The summed E-state index contributed by atoms with van der Waals surface area (Å²) in [4.78, 5) is 12.0. The zero-order chi connectivity index (χ0) is 12.8. The molecule has 0 bridgehead atoms. The van der Waals surface area contributed by atoms with Crippen LogP contribution in [-0.4, -0.2) is 5.91 Å². The van der Waals surface area contributed by atoms with Gasteiger partial charge < -0.3 is 0 Å². The van der Waals surface area contributed by atoms with Gasteiger partial charge in [0.15, 0.2) is 0 Å². The second-order valence-electron chi connectivity index (χ2n) is 4.03. The molecule has 0 fully saturated rings. The van der Waals surface area contributed by atoms with Crippen molar-refractivity contribution in [3.8, 4) is 0 Å². The van der Waals surface area contributed by atoms with Crippen LogP contribution in [0.4, 0.5) is 0 Å². The van der Waals surface area contributed by atoms with Gasteiger partial charge in [-0.3, -0.25) is 9.52 Å². The molecule has 2 aromatic rings. The summed E-state index contributed by atoms with van der Waals surface area (Å²) in [6, 6.07) is 18.4. The zero-order valence-corrected chi connectivity index (χ0v) is 11.0. The van der Waals surface area contributed by atoms with E-state index in [0.717, 1.165) is 11.3 Å². The molecule has 2 rings (SSSR count). The Kier molecular flexibility index (Phi) is 4.42. The van der Waals surface area contributed by atoms with Crippen molar-refractivity contribution in [3.63, 3.8) is 0 Å². The van der Waals surface area contributed by atoms with E-state index in [1.165, 1.54) is 30.0 Å². The molecule has 0 radical (unpaired) electrons. The minimum absolute atomic E-state index is 0.0329. The molecule has 0 spiro atoms. The van der Waals surface area contributed by atoms with E-state index in [-0.39, 0.29) is 5.91 Å². The Hall–Kier alpha value is -1.74. The normalized spacial score (nSPS) is 10.1. The predicted molar refractivity (Wildman–Crippen MR) is 75.4 cm³/mol. The highest BCUT2D eigenvalue weighted by Crippen LogP contribution is 2.22. The molecular weight excluding hydrogens is 242 g/mol. The van der Waals surface area contributed by atoms with Crippen molar-refractivity contribution in [2.45, 2.75) is 18.2 Å². The summed E-state index contributed by atoms with van der Waals surface area (Å²) in [5, 5.41) is 0. The number of hydrogen-bond acceptors (Lipinski definition) is 2. The molecule has 2 nitrogen and oxygen atoms in total. The fraction of sp³-hybridized carbons (Fsp3) is 0.133. The average Bonchev–Trinajstić information content (AvgIpc) is 2.39. The molecule has 0 aliphatic rings. The first kappa shape index (κ1) is 12.7. The third kappa shape index (κ3) is 3.64. The highest BCUT2D eigenvalue weighted by molar-refractivity contribution is 7.98. The Balaban J connectivity index is 2.14. The van der Waals surface area contributed by atoms with Crippen LogP contribution in [0, 0.1) is 0 Å². The highest BCUT2D eigenvalue weighted by Gasteiger charge is 2.04. The van der Waals surface area contributed by atoms with E-state index in [1.54, 1.807) is 0 Å². The van der Waals surface area contributed by atoms with Gasteiger partial charge in [0.05, 0.1) is 0 Å². The molecule has 92 valence electrons. The van der Waals surface area contributed by atoms with Crippen molar-refractivity contribution in [2.24, 2.45) is 0 Å². The Morgan fingerprint density at radius 1 is 1.06 bits per heavy atom. The summed E-state index contributed by atoms with van der Waals surface area (Å²) in [5.41, 5.74) is 2.50. The molecule has 1 amide bonds. The lowest BCUT2D eigenvalue weighted by atomic mass is 10.1. The summed E-state index contributed by atoms with van der Waals surface area (Å²) in [5.74, 6) is -0.0329. The highest BCUT2D eigenvalue weighted by atomic mass is 32.2. The Bertz CT molecular complexity index is 525. The lowest BCUT2D eigenvalue weighted by Gasteiger charge is -2.08. The molecule has 3 heteroatoms. The van der Waals surface area contributed by atoms with E-state index < -0.39 is 0 Å². The van der Waals surface area contributed by atoms with Crippen LogP contribution >= 0.6 is 11.9 Å². The molecule has 18 heavy (non-hydrogen) atoms. The van der Waals surface area contributed by atoms with Gasteiger partial charge in [-0.05, 0) is 35.6 Å². The summed E-state index contributed by atoms with van der Waals surface area (Å²) in [7, 11) is 0. The molecule has 0 aliphatic heterocycles. The van der Waals surface area contributed by atoms with Crippen LogP contribution in [-0.2, 0) is 11.2 Å². The summed E-state index contributed by atoms with van der Waals surface area (Å²) in [6.45, 7) is 1.52. The predicted octanol–water partition coefficient (Wildman–Crippen LogP) is 3.42. The van der Waals surface area contributed by atoms with Crippen molar-refractivity contribution >= 4 is 17.9 Å². The van der Waals surface area contributed by atoms with Crippen molar-refractivity contribution in [2.75, 3.05) is 0 Å². The fourth-order valence-electron chi connectivity index (χ4n) is 1.69. The topological polar surface area (TPSA) is 29.1 Å². The third-order valence-electron chi connectivity index (χ3n) is 2.51. The van der Waals surface area contributed by atoms with Crippen molar-refractivity contribution in [1.29, 1.82) is 0 Å². The number of nitrogens with one attached hydrogen (secondary N) is 1. The van der Waals surface area contributed by atoms with Crippen LogP contribution in [0.2, 0.25) is 0 Å². The van der Waals surface area contributed by atoms with Crippen LogP contribution in [0.3, 0.4) is 0 Å². The van der Waals surface area contributed by atoms with Crippen LogP contribution in [0.15, 0.2) is 59.5 Å². The Labute approximate surface area is 112 Å². The van der Waals surface area contributed by atoms with Crippen molar-refractivity contribution < 1.29 is 4.79 Å². The maximum atomic E-state index is 11.0. The number of amides is 1. The maximum Gasteiger partial charge on any atom is 0.226 e. The average molecular weight is 257 g/mol.